The van der Waals surface area contributed by atoms with Crippen molar-refractivity contribution in [3.05, 3.63) is 53.9 Å². The molecule has 0 aliphatic carbocycles. The van der Waals surface area contributed by atoms with Gasteiger partial charge in [-0.2, -0.15) is 18.3 Å². The van der Waals surface area contributed by atoms with Crippen LogP contribution >= 0.6 is 0 Å². The largest absolute Gasteiger partial charge is 0.433 e. The zero-order chi connectivity index (χ0) is 15.0. The maximum Gasteiger partial charge on any atom is 0.433 e. The van der Waals surface area contributed by atoms with E-state index < -0.39 is 11.9 Å². The standard InChI is InChI=1S/C14H8F3N3O/c15-14(16,17)12-7-11(9-4-2-1-3-5-9)18-13-6-10(8-21)19-20(12)13/h1-8H. The second kappa shape index (κ2) is 4.69. The SMILES string of the molecule is O=Cc1cc2nc(-c3ccccc3)cc(C(F)(F)F)n2n1. The van der Waals surface area contributed by atoms with E-state index in [0.29, 0.717) is 16.4 Å². The van der Waals surface area contributed by atoms with Crippen LogP contribution in [-0.2, 0) is 6.18 Å². The first-order valence-corrected chi connectivity index (χ1v) is 5.97. The van der Waals surface area contributed by atoms with Gasteiger partial charge < -0.3 is 0 Å². The normalized spacial score (nSPS) is 11.8. The molecule has 2 aromatic heterocycles. The number of aromatic nitrogens is 3. The maximum atomic E-state index is 13.1. The summed E-state index contributed by atoms with van der Waals surface area (Å²) in [5.74, 6) is 0. The first-order chi connectivity index (χ1) is 9.99. The van der Waals surface area contributed by atoms with Gasteiger partial charge in [0.15, 0.2) is 17.6 Å². The van der Waals surface area contributed by atoms with Crippen molar-refractivity contribution < 1.29 is 18.0 Å². The number of fused-ring (bicyclic) bond motifs is 1. The highest BCUT2D eigenvalue weighted by molar-refractivity contribution is 5.75. The van der Waals surface area contributed by atoms with Gasteiger partial charge in [-0.15, -0.1) is 0 Å². The Balaban J connectivity index is 2.31. The van der Waals surface area contributed by atoms with Crippen LogP contribution in [-0.4, -0.2) is 20.9 Å². The molecule has 1 aromatic carbocycles. The Morgan fingerprint density at radius 2 is 1.81 bits per heavy atom. The minimum absolute atomic E-state index is 0.0224. The van der Waals surface area contributed by atoms with Gasteiger partial charge in [0.2, 0.25) is 0 Å². The van der Waals surface area contributed by atoms with E-state index in [1.165, 1.54) is 6.07 Å². The molecule has 4 nitrogen and oxygen atoms in total. The van der Waals surface area contributed by atoms with Crippen LogP contribution in [0.15, 0.2) is 42.5 Å². The molecular weight excluding hydrogens is 283 g/mol. The molecule has 21 heavy (non-hydrogen) atoms. The van der Waals surface area contributed by atoms with Crippen LogP contribution in [0.1, 0.15) is 16.2 Å². The zero-order valence-corrected chi connectivity index (χ0v) is 10.5. The number of halogens is 3. The predicted molar refractivity (Wildman–Crippen MR) is 68.8 cm³/mol. The molecule has 0 aliphatic rings. The lowest BCUT2D eigenvalue weighted by Gasteiger charge is -2.10. The van der Waals surface area contributed by atoms with E-state index in [1.54, 1.807) is 30.3 Å². The third kappa shape index (κ3) is 2.37. The number of carbonyl (C=O) groups excluding carboxylic acids is 1. The summed E-state index contributed by atoms with van der Waals surface area (Å²) in [6.45, 7) is 0. The summed E-state index contributed by atoms with van der Waals surface area (Å²) < 4.78 is 40.1. The Morgan fingerprint density at radius 1 is 1.10 bits per heavy atom. The summed E-state index contributed by atoms with van der Waals surface area (Å²) in [4.78, 5) is 14.8. The number of hydrogen-bond donors (Lipinski definition) is 0. The molecule has 0 aliphatic heterocycles. The van der Waals surface area contributed by atoms with Crippen LogP contribution in [0.25, 0.3) is 16.9 Å². The molecule has 0 atom stereocenters. The summed E-state index contributed by atoms with van der Waals surface area (Å²) in [7, 11) is 0. The molecule has 3 aromatic rings. The van der Waals surface area contributed by atoms with Crippen LogP contribution in [0, 0.1) is 0 Å². The number of hydrogen-bond acceptors (Lipinski definition) is 3. The highest BCUT2D eigenvalue weighted by atomic mass is 19.4. The molecule has 0 fully saturated rings. The van der Waals surface area contributed by atoms with Crippen LogP contribution in [0.4, 0.5) is 13.2 Å². The van der Waals surface area contributed by atoms with Crippen molar-refractivity contribution in [1.29, 1.82) is 0 Å². The fourth-order valence-corrected chi connectivity index (χ4v) is 2.01. The van der Waals surface area contributed by atoms with Gasteiger partial charge in [0.25, 0.3) is 0 Å². The lowest BCUT2D eigenvalue weighted by Crippen LogP contribution is -2.13. The number of alkyl halides is 3. The van der Waals surface area contributed by atoms with Gasteiger partial charge in [-0.05, 0) is 6.07 Å². The number of benzene rings is 1. The average molecular weight is 291 g/mol. The lowest BCUT2D eigenvalue weighted by atomic mass is 10.1. The molecule has 0 N–H and O–H groups in total. The summed E-state index contributed by atoms with van der Waals surface area (Å²) in [6.07, 6.45) is -4.21. The van der Waals surface area contributed by atoms with Crippen LogP contribution in [0.5, 0.6) is 0 Å². The van der Waals surface area contributed by atoms with Crippen LogP contribution in [0.3, 0.4) is 0 Å². The Labute approximate surface area is 116 Å². The van der Waals surface area contributed by atoms with Crippen molar-refractivity contribution in [1.82, 2.24) is 14.6 Å². The smallest absolute Gasteiger partial charge is 0.296 e. The first kappa shape index (κ1) is 13.3. The molecule has 0 saturated heterocycles. The van der Waals surface area contributed by atoms with E-state index >= 15 is 0 Å². The molecule has 0 bridgehead atoms. The summed E-state index contributed by atoms with van der Waals surface area (Å²) >= 11 is 0. The van der Waals surface area contributed by atoms with Gasteiger partial charge in [-0.1, -0.05) is 30.3 Å². The molecule has 0 unspecified atom stereocenters. The zero-order valence-electron chi connectivity index (χ0n) is 10.5. The fourth-order valence-electron chi connectivity index (χ4n) is 2.01. The number of aldehydes is 1. The average Bonchev–Trinajstić information content (AvgIpc) is 2.89. The number of nitrogens with zero attached hydrogens (tertiary/aromatic N) is 3. The van der Waals surface area contributed by atoms with E-state index in [-0.39, 0.29) is 17.0 Å². The molecule has 2 heterocycles. The van der Waals surface area contributed by atoms with Gasteiger partial charge in [0.1, 0.15) is 5.69 Å². The summed E-state index contributed by atoms with van der Waals surface area (Å²) in [5, 5.41) is 3.60. The summed E-state index contributed by atoms with van der Waals surface area (Å²) in [5.41, 5.74) is -0.365. The second-order valence-electron chi connectivity index (χ2n) is 4.35. The van der Waals surface area contributed by atoms with Crippen molar-refractivity contribution in [2.45, 2.75) is 6.18 Å². The molecule has 0 spiro atoms. The van der Waals surface area contributed by atoms with Crippen molar-refractivity contribution in [2.24, 2.45) is 0 Å². The van der Waals surface area contributed by atoms with Gasteiger partial charge in [-0.25, -0.2) is 9.50 Å². The van der Waals surface area contributed by atoms with E-state index in [0.717, 1.165) is 6.07 Å². The second-order valence-corrected chi connectivity index (χ2v) is 4.35. The van der Waals surface area contributed by atoms with Gasteiger partial charge >= 0.3 is 6.18 Å². The van der Waals surface area contributed by atoms with Gasteiger partial charge in [-0.3, -0.25) is 4.79 Å². The molecule has 7 heteroatoms. The highest BCUT2D eigenvalue weighted by Crippen LogP contribution is 2.32. The van der Waals surface area contributed by atoms with Crippen molar-refractivity contribution in [3.63, 3.8) is 0 Å². The Kier molecular flexibility index (Phi) is 2.97. The maximum absolute atomic E-state index is 13.1. The predicted octanol–water partition coefficient (Wildman–Crippen LogP) is 3.23. The quantitative estimate of drug-likeness (QED) is 0.681. The Bertz CT molecular complexity index is 809. The topological polar surface area (TPSA) is 47.3 Å². The molecule has 0 saturated carbocycles. The van der Waals surface area contributed by atoms with E-state index in [2.05, 4.69) is 10.1 Å². The minimum atomic E-state index is -4.60. The molecule has 106 valence electrons. The van der Waals surface area contributed by atoms with E-state index in [1.807, 2.05) is 0 Å². The van der Waals surface area contributed by atoms with Crippen LogP contribution < -0.4 is 0 Å². The monoisotopic (exact) mass is 291 g/mol. The van der Waals surface area contributed by atoms with Crippen molar-refractivity contribution in [2.75, 3.05) is 0 Å². The van der Waals surface area contributed by atoms with Crippen molar-refractivity contribution in [3.8, 4) is 11.3 Å². The molecule has 0 amide bonds. The molecule has 3 rings (SSSR count). The number of rotatable bonds is 2. The van der Waals surface area contributed by atoms with Crippen molar-refractivity contribution >= 4 is 11.9 Å². The highest BCUT2D eigenvalue weighted by Gasteiger charge is 2.35. The fraction of sp³-hybridized carbons (Fsp3) is 0.0714. The Morgan fingerprint density at radius 3 is 2.43 bits per heavy atom. The molecule has 0 radical (unpaired) electrons. The first-order valence-electron chi connectivity index (χ1n) is 5.97. The van der Waals surface area contributed by atoms with E-state index in [9.17, 15) is 18.0 Å². The van der Waals surface area contributed by atoms with Gasteiger partial charge in [0, 0.05) is 11.6 Å². The summed E-state index contributed by atoms with van der Waals surface area (Å²) in [6, 6.07) is 10.6. The molecular formula is C14H8F3N3O. The van der Waals surface area contributed by atoms with E-state index in [4.69, 9.17) is 0 Å². The van der Waals surface area contributed by atoms with Crippen LogP contribution in [0.2, 0.25) is 0 Å². The third-order valence-electron chi connectivity index (χ3n) is 2.93. The lowest BCUT2D eigenvalue weighted by molar-refractivity contribution is -0.142. The Hall–Kier alpha value is -2.70. The minimum Gasteiger partial charge on any atom is -0.296 e. The van der Waals surface area contributed by atoms with Gasteiger partial charge in [0.05, 0.1) is 5.69 Å². The number of carbonyl (C=O) groups is 1. The third-order valence-corrected chi connectivity index (χ3v) is 2.93.